The van der Waals surface area contributed by atoms with Crippen molar-refractivity contribution in [3.63, 3.8) is 0 Å². The smallest absolute Gasteiger partial charge is 0.412 e. The Morgan fingerprint density at radius 2 is 1.62 bits per heavy atom. The number of oxime groups is 1. The fourth-order valence-electron chi connectivity index (χ4n) is 10.3. The van der Waals surface area contributed by atoms with E-state index in [9.17, 15) is 24.9 Å². The molecule has 3 aliphatic rings. The third-order valence-corrected chi connectivity index (χ3v) is 13.7. The number of fused-ring (bicyclic) bond motifs is 2. The molecule has 1 saturated carbocycles. The molecule has 2 amide bonds. The van der Waals surface area contributed by atoms with Gasteiger partial charge in [0.1, 0.15) is 30.8 Å². The van der Waals surface area contributed by atoms with Crippen molar-refractivity contribution in [3.8, 4) is 11.5 Å². The maximum absolute atomic E-state index is 14.4. The lowest BCUT2D eigenvalue weighted by atomic mass is 9.55. The molecule has 2 aromatic rings. The molecule has 1 heterocycles. The Hall–Kier alpha value is -4.18. The lowest BCUT2D eigenvalue weighted by Gasteiger charge is -2.59. The summed E-state index contributed by atoms with van der Waals surface area (Å²) in [6, 6.07) is 14.3. The second-order valence-electron chi connectivity index (χ2n) is 18.4. The fourth-order valence-corrected chi connectivity index (χ4v) is 10.4. The minimum atomic E-state index is -1.55. The second kappa shape index (κ2) is 31.2. The van der Waals surface area contributed by atoms with Gasteiger partial charge in [-0.15, -0.1) is 18.2 Å². The number of halogens is 1. The number of unbranched alkanes of at least 4 members (excludes halogenated alkanes) is 11. The number of rotatable bonds is 34. The number of allylic oxidation sites excluding steroid dienone is 1. The number of aliphatic hydroxyl groups is 3. The zero-order valence-corrected chi connectivity index (χ0v) is 41.8. The van der Waals surface area contributed by atoms with Crippen LogP contribution in [0, 0.1) is 17.8 Å². The average molecular weight is 983 g/mol. The summed E-state index contributed by atoms with van der Waals surface area (Å²) in [6.45, 7) is 7.12. The van der Waals surface area contributed by atoms with E-state index in [-0.39, 0.29) is 89.5 Å². The normalized spacial score (nSPS) is 21.9. The third kappa shape index (κ3) is 16.4. The van der Waals surface area contributed by atoms with Crippen molar-refractivity contribution < 1.29 is 53.4 Å². The van der Waals surface area contributed by atoms with Gasteiger partial charge in [0.25, 0.3) is 0 Å². The SMILES string of the molecule is C=CCO[C@@]12Oc3ccc(OC(=O)NCCCCCCCCCCCC)cc3[C@H]3[C@H](CCCCO)[C@@H](CCCCO)C=C(C(=NOCc4ccccc4)C[C@@H]1N(CCOCCO)C(=O)OCCCl)[C@H]32. The van der Waals surface area contributed by atoms with Gasteiger partial charge in [-0.05, 0) is 73.3 Å². The molecule has 0 bridgehead atoms. The first-order valence-corrected chi connectivity index (χ1v) is 26.3. The van der Waals surface area contributed by atoms with Gasteiger partial charge in [0, 0.05) is 44.2 Å². The molecule has 5 rings (SSSR count). The zero-order chi connectivity index (χ0) is 49.1. The van der Waals surface area contributed by atoms with Crippen LogP contribution in [0.1, 0.15) is 133 Å². The monoisotopic (exact) mass is 982 g/mol. The standard InChI is InChI=1S/C54H80ClN3O11/c1-3-5-6-7-8-9-10-11-12-18-28-56-52(62)68-43-25-26-48-46(38-43)50-44(24-17-20-31-60)42(23-16-19-30-59)37-45-47(57-67-40-41-21-14-13-15-22-41)39-49(54(69-48,51(45)50)66-33-4-2)58(29-35-64-36-32-61)53(63)65-34-27-55/h4,13-15,21-22,25-26,37-38,42,44,49-51,59-61H,2-3,5-12,16-20,23-24,27-36,39-40H2,1H3,(H,56,62)/t42-,44+,49-,50+,51+,54+/m0/s1. The highest BCUT2D eigenvalue weighted by Gasteiger charge is 2.65. The molecule has 4 N–H and O–H groups in total. The van der Waals surface area contributed by atoms with Gasteiger partial charge in [0.15, 0.2) is 0 Å². The van der Waals surface area contributed by atoms with E-state index in [1.807, 2.05) is 42.5 Å². The predicted molar refractivity (Wildman–Crippen MR) is 269 cm³/mol. The minimum absolute atomic E-state index is 0.00368. The molecular weight excluding hydrogens is 902 g/mol. The molecular formula is C54H80ClN3O11. The topological polar surface area (TPSA) is 178 Å². The number of carbonyl (C=O) groups excluding carboxylic acids is 2. The number of nitrogens with zero attached hydrogens (tertiary/aromatic N) is 2. The van der Waals surface area contributed by atoms with E-state index in [1.54, 1.807) is 17.0 Å². The van der Waals surface area contributed by atoms with Crippen LogP contribution in [-0.2, 0) is 25.7 Å². The van der Waals surface area contributed by atoms with Crippen LogP contribution in [0.15, 0.2) is 78.0 Å². The summed E-state index contributed by atoms with van der Waals surface area (Å²) in [5, 5.41) is 37.3. The van der Waals surface area contributed by atoms with Gasteiger partial charge >= 0.3 is 12.2 Å². The highest BCUT2D eigenvalue weighted by molar-refractivity contribution is 6.18. The Morgan fingerprint density at radius 1 is 0.899 bits per heavy atom. The van der Waals surface area contributed by atoms with Crippen LogP contribution in [0.2, 0.25) is 0 Å². The van der Waals surface area contributed by atoms with E-state index in [0.717, 1.165) is 61.6 Å². The quantitative estimate of drug-likeness (QED) is 0.0227. The van der Waals surface area contributed by atoms with E-state index in [0.29, 0.717) is 36.6 Å². The average Bonchev–Trinajstić information content (AvgIpc) is 3.36. The van der Waals surface area contributed by atoms with Crippen LogP contribution in [0.25, 0.3) is 0 Å². The van der Waals surface area contributed by atoms with Gasteiger partial charge in [-0.1, -0.05) is 125 Å². The van der Waals surface area contributed by atoms with Gasteiger partial charge < -0.3 is 49.2 Å². The molecule has 14 nitrogen and oxygen atoms in total. The largest absolute Gasteiger partial charge is 0.459 e. The summed E-state index contributed by atoms with van der Waals surface area (Å²) in [6.07, 6.45) is 19.1. The Kier molecular flexibility index (Phi) is 25.2. The van der Waals surface area contributed by atoms with Crippen LogP contribution >= 0.6 is 11.6 Å². The zero-order valence-electron chi connectivity index (χ0n) is 41.0. The number of alkyl halides is 1. The number of nitrogens with one attached hydrogen (secondary N) is 1. The molecule has 0 unspecified atom stereocenters. The molecule has 0 spiro atoms. The highest BCUT2D eigenvalue weighted by atomic mass is 35.5. The first-order valence-electron chi connectivity index (χ1n) is 25.7. The molecule has 69 heavy (non-hydrogen) atoms. The van der Waals surface area contributed by atoms with Crippen LogP contribution in [0.5, 0.6) is 11.5 Å². The Morgan fingerprint density at radius 3 is 2.32 bits per heavy atom. The van der Waals surface area contributed by atoms with E-state index in [4.69, 9.17) is 45.3 Å². The lowest BCUT2D eigenvalue weighted by molar-refractivity contribution is -0.256. The van der Waals surface area contributed by atoms with Crippen molar-refractivity contribution in [2.75, 3.05) is 65.2 Å². The number of hydrogen-bond acceptors (Lipinski definition) is 12. The Balaban J connectivity index is 1.57. The molecule has 0 aromatic heterocycles. The molecule has 6 atom stereocenters. The summed E-state index contributed by atoms with van der Waals surface area (Å²) in [5.74, 6) is -1.59. The van der Waals surface area contributed by atoms with Gasteiger partial charge in [-0.25, -0.2) is 9.59 Å². The summed E-state index contributed by atoms with van der Waals surface area (Å²) in [5.41, 5.74) is 3.22. The maximum Gasteiger partial charge on any atom is 0.412 e. The van der Waals surface area contributed by atoms with E-state index in [1.165, 1.54) is 44.9 Å². The van der Waals surface area contributed by atoms with Crippen LogP contribution in [0.4, 0.5) is 9.59 Å². The molecule has 384 valence electrons. The maximum atomic E-state index is 14.4. The molecule has 0 saturated heterocycles. The van der Waals surface area contributed by atoms with Crippen molar-refractivity contribution in [1.82, 2.24) is 10.2 Å². The van der Waals surface area contributed by atoms with Crippen molar-refractivity contribution >= 4 is 29.5 Å². The summed E-state index contributed by atoms with van der Waals surface area (Å²) >= 11 is 6.06. The molecule has 2 aliphatic carbocycles. The van der Waals surface area contributed by atoms with Crippen LogP contribution in [0.3, 0.4) is 0 Å². The predicted octanol–water partition coefficient (Wildman–Crippen LogP) is 10.2. The number of hydrogen-bond donors (Lipinski definition) is 4. The van der Waals surface area contributed by atoms with Crippen molar-refractivity contribution in [1.29, 1.82) is 0 Å². The van der Waals surface area contributed by atoms with Gasteiger partial charge in [0.2, 0.25) is 5.79 Å². The third-order valence-electron chi connectivity index (χ3n) is 13.5. The molecule has 0 radical (unpaired) electrons. The molecule has 1 aliphatic heterocycles. The number of amides is 2. The Labute approximate surface area is 415 Å². The van der Waals surface area contributed by atoms with E-state index in [2.05, 4.69) is 24.9 Å². The second-order valence-corrected chi connectivity index (χ2v) is 18.7. The van der Waals surface area contributed by atoms with E-state index >= 15 is 0 Å². The Bertz CT molecular complexity index is 1880. The molecule has 1 fully saturated rings. The minimum Gasteiger partial charge on any atom is -0.459 e. The van der Waals surface area contributed by atoms with Crippen LogP contribution < -0.4 is 14.8 Å². The van der Waals surface area contributed by atoms with Gasteiger partial charge in [0.05, 0.1) is 43.9 Å². The summed E-state index contributed by atoms with van der Waals surface area (Å²) in [4.78, 5) is 35.5. The fraction of sp³-hybridized carbons (Fsp3) is 0.648. The summed E-state index contributed by atoms with van der Waals surface area (Å²) < 4.78 is 31.8. The molecule has 15 heteroatoms. The van der Waals surface area contributed by atoms with Gasteiger partial charge in [-0.2, -0.15) is 0 Å². The van der Waals surface area contributed by atoms with Crippen molar-refractivity contribution in [2.24, 2.45) is 22.9 Å². The number of carbonyl (C=O) groups is 2. The first kappa shape index (κ1) is 55.7. The number of ether oxygens (including phenoxy) is 5. The van der Waals surface area contributed by atoms with Crippen LogP contribution in [-0.4, -0.2) is 115 Å². The number of benzene rings is 2. The molecule has 2 aromatic carbocycles. The van der Waals surface area contributed by atoms with Crippen molar-refractivity contribution in [3.05, 3.63) is 84.0 Å². The van der Waals surface area contributed by atoms with Gasteiger partial charge in [-0.3, -0.25) is 4.90 Å². The highest BCUT2D eigenvalue weighted by Crippen LogP contribution is 2.62. The van der Waals surface area contributed by atoms with E-state index < -0.39 is 29.9 Å². The lowest BCUT2D eigenvalue weighted by Crippen LogP contribution is -2.70. The summed E-state index contributed by atoms with van der Waals surface area (Å²) in [7, 11) is 0. The number of aliphatic hydroxyl groups excluding tert-OH is 3. The first-order chi connectivity index (χ1) is 33.8. The van der Waals surface area contributed by atoms with Crippen molar-refractivity contribution in [2.45, 2.75) is 140 Å².